The van der Waals surface area contributed by atoms with Crippen LogP contribution in [0.3, 0.4) is 0 Å². The highest BCUT2D eigenvalue weighted by molar-refractivity contribution is 5.97. The quantitative estimate of drug-likeness (QED) is 0.531. The molecule has 0 amide bonds. The predicted octanol–water partition coefficient (Wildman–Crippen LogP) is 7.10. The molecular formula is C24H36. The third kappa shape index (κ3) is 2.89. The van der Waals surface area contributed by atoms with Gasteiger partial charge in [-0.05, 0) is 109 Å². The molecule has 0 fully saturated rings. The van der Waals surface area contributed by atoms with Crippen molar-refractivity contribution < 1.29 is 0 Å². The molecule has 0 heteroatoms. The van der Waals surface area contributed by atoms with Gasteiger partial charge in [0.05, 0.1) is 0 Å². The van der Waals surface area contributed by atoms with E-state index in [0.29, 0.717) is 0 Å². The van der Waals surface area contributed by atoms with E-state index in [4.69, 9.17) is 0 Å². The summed E-state index contributed by atoms with van der Waals surface area (Å²) < 4.78 is 0. The van der Waals surface area contributed by atoms with Crippen LogP contribution in [-0.2, 0) is 25.7 Å². The molecule has 0 saturated heterocycles. The third-order valence-electron chi connectivity index (χ3n) is 6.09. The van der Waals surface area contributed by atoms with Crippen molar-refractivity contribution in [2.45, 2.75) is 93.9 Å². The zero-order valence-corrected chi connectivity index (χ0v) is 17.2. The molecule has 0 unspecified atom stereocenters. The molecule has 24 heavy (non-hydrogen) atoms. The Balaban J connectivity index is 3.14. The summed E-state index contributed by atoms with van der Waals surface area (Å²) in [6.45, 7) is 18.6. The number of hydrogen-bond donors (Lipinski definition) is 0. The monoisotopic (exact) mass is 324 g/mol. The van der Waals surface area contributed by atoms with Gasteiger partial charge >= 0.3 is 0 Å². The summed E-state index contributed by atoms with van der Waals surface area (Å²) in [5.41, 5.74) is 12.6. The Morgan fingerprint density at radius 2 is 0.875 bits per heavy atom. The van der Waals surface area contributed by atoms with Crippen LogP contribution in [0.15, 0.2) is 0 Å². The molecule has 0 aromatic heterocycles. The molecule has 132 valence electrons. The van der Waals surface area contributed by atoms with E-state index >= 15 is 0 Å². The third-order valence-corrected chi connectivity index (χ3v) is 6.09. The van der Waals surface area contributed by atoms with Crippen LogP contribution in [0.25, 0.3) is 10.8 Å². The van der Waals surface area contributed by atoms with Gasteiger partial charge in [-0.15, -0.1) is 0 Å². The predicted molar refractivity (Wildman–Crippen MR) is 110 cm³/mol. The van der Waals surface area contributed by atoms with Crippen LogP contribution in [0, 0.1) is 27.7 Å². The van der Waals surface area contributed by atoms with Gasteiger partial charge in [0, 0.05) is 0 Å². The van der Waals surface area contributed by atoms with Gasteiger partial charge in [-0.1, -0.05) is 40.5 Å². The average molecular weight is 325 g/mol. The average Bonchev–Trinajstić information content (AvgIpc) is 2.58. The van der Waals surface area contributed by atoms with Crippen LogP contribution >= 0.6 is 0 Å². The summed E-state index contributed by atoms with van der Waals surface area (Å²) in [7, 11) is 0. The van der Waals surface area contributed by atoms with Gasteiger partial charge in [0.2, 0.25) is 0 Å². The van der Waals surface area contributed by atoms with Crippen molar-refractivity contribution in [3.05, 3.63) is 44.5 Å². The molecule has 0 spiro atoms. The molecule has 0 heterocycles. The van der Waals surface area contributed by atoms with Crippen LogP contribution in [0.2, 0.25) is 0 Å². The first-order chi connectivity index (χ1) is 11.4. The lowest BCUT2D eigenvalue weighted by molar-refractivity contribution is 0.844. The van der Waals surface area contributed by atoms with E-state index in [9.17, 15) is 0 Å². The summed E-state index contributed by atoms with van der Waals surface area (Å²) in [6, 6.07) is 0. The Kier molecular flexibility index (Phi) is 6.12. The topological polar surface area (TPSA) is 0 Å². The van der Waals surface area contributed by atoms with Crippen LogP contribution in [0.4, 0.5) is 0 Å². The summed E-state index contributed by atoms with van der Waals surface area (Å²) in [4.78, 5) is 0. The number of fused-ring (bicyclic) bond motifs is 1. The van der Waals surface area contributed by atoms with E-state index in [1.165, 1.54) is 47.9 Å². The lowest BCUT2D eigenvalue weighted by Crippen LogP contribution is -2.09. The van der Waals surface area contributed by atoms with Crippen molar-refractivity contribution in [2.24, 2.45) is 0 Å². The Morgan fingerprint density at radius 3 is 1.29 bits per heavy atom. The lowest BCUT2D eigenvalue weighted by atomic mass is 9.79. The fraction of sp³-hybridized carbons (Fsp3) is 0.583. The summed E-state index contributed by atoms with van der Waals surface area (Å²) in [5.74, 6) is 0. The van der Waals surface area contributed by atoms with E-state index in [1.807, 2.05) is 0 Å². The maximum atomic E-state index is 2.35. The fourth-order valence-electron chi connectivity index (χ4n) is 4.63. The first-order valence-electron chi connectivity index (χ1n) is 9.99. The molecule has 2 aromatic carbocycles. The van der Waals surface area contributed by atoms with Gasteiger partial charge in [0.1, 0.15) is 0 Å². The second kappa shape index (κ2) is 7.72. The zero-order valence-electron chi connectivity index (χ0n) is 17.2. The van der Waals surface area contributed by atoms with E-state index in [2.05, 4.69) is 55.4 Å². The number of benzene rings is 2. The van der Waals surface area contributed by atoms with Crippen molar-refractivity contribution in [1.29, 1.82) is 0 Å². The molecule has 0 N–H and O–H groups in total. The van der Waals surface area contributed by atoms with Gasteiger partial charge in [-0.2, -0.15) is 0 Å². The van der Waals surface area contributed by atoms with Crippen molar-refractivity contribution >= 4 is 10.8 Å². The molecular weight excluding hydrogens is 288 g/mol. The van der Waals surface area contributed by atoms with E-state index in [0.717, 1.165) is 12.8 Å². The Bertz CT molecular complexity index is 747. The Labute approximate surface area is 149 Å². The van der Waals surface area contributed by atoms with Gasteiger partial charge in [-0.3, -0.25) is 0 Å². The van der Waals surface area contributed by atoms with Crippen LogP contribution in [-0.4, -0.2) is 0 Å². The summed E-state index contributed by atoms with van der Waals surface area (Å²) in [5, 5.41) is 3.17. The standard InChI is InChI=1S/C24H36/c1-9-13-21-19(11-3)20(12-4)23-17(7)15(5)16(6)18(8)24(23)22(21)14-10-2/h9-14H2,1-8H3. The molecule has 2 rings (SSSR count). The largest absolute Gasteiger partial charge is 0.0651 e. The fourth-order valence-corrected chi connectivity index (χ4v) is 4.63. The molecule has 0 saturated carbocycles. The van der Waals surface area contributed by atoms with Crippen molar-refractivity contribution in [1.82, 2.24) is 0 Å². The highest BCUT2D eigenvalue weighted by Gasteiger charge is 2.21. The van der Waals surface area contributed by atoms with E-state index < -0.39 is 0 Å². The molecule has 0 aliphatic carbocycles. The summed E-state index contributed by atoms with van der Waals surface area (Å²) in [6.07, 6.45) is 7.22. The molecule has 0 aliphatic rings. The second-order valence-electron chi connectivity index (χ2n) is 7.37. The van der Waals surface area contributed by atoms with Gasteiger partial charge in [-0.25, -0.2) is 0 Å². The smallest absolute Gasteiger partial charge is 0.0111 e. The van der Waals surface area contributed by atoms with Gasteiger partial charge < -0.3 is 0 Å². The lowest BCUT2D eigenvalue weighted by Gasteiger charge is -2.26. The SMILES string of the molecule is CCCc1c(CC)c(CC)c2c(C)c(C)c(C)c(C)c2c1CCC. The normalized spacial score (nSPS) is 11.5. The molecule has 0 bridgehead atoms. The minimum absolute atomic E-state index is 1.14. The molecule has 0 nitrogen and oxygen atoms in total. The van der Waals surface area contributed by atoms with Gasteiger partial charge in [0.15, 0.2) is 0 Å². The molecule has 0 radical (unpaired) electrons. The highest BCUT2D eigenvalue weighted by Crippen LogP contribution is 2.39. The van der Waals surface area contributed by atoms with Crippen molar-refractivity contribution in [3.8, 4) is 0 Å². The molecule has 0 aliphatic heterocycles. The Hall–Kier alpha value is -1.30. The van der Waals surface area contributed by atoms with E-state index in [1.54, 1.807) is 33.0 Å². The second-order valence-corrected chi connectivity index (χ2v) is 7.37. The first kappa shape index (κ1) is 19.0. The highest BCUT2D eigenvalue weighted by atomic mass is 14.3. The van der Waals surface area contributed by atoms with Crippen LogP contribution in [0.1, 0.15) is 85.0 Å². The maximum absolute atomic E-state index is 2.35. The number of hydrogen-bond acceptors (Lipinski definition) is 0. The minimum atomic E-state index is 1.14. The molecule has 2 aromatic rings. The van der Waals surface area contributed by atoms with Crippen LogP contribution < -0.4 is 0 Å². The van der Waals surface area contributed by atoms with Gasteiger partial charge in [0.25, 0.3) is 0 Å². The zero-order chi connectivity index (χ0) is 18.0. The summed E-state index contributed by atoms with van der Waals surface area (Å²) >= 11 is 0. The maximum Gasteiger partial charge on any atom is -0.0111 e. The Morgan fingerprint density at radius 1 is 0.458 bits per heavy atom. The van der Waals surface area contributed by atoms with E-state index in [-0.39, 0.29) is 0 Å². The first-order valence-corrected chi connectivity index (χ1v) is 9.99. The van der Waals surface area contributed by atoms with Crippen molar-refractivity contribution in [2.75, 3.05) is 0 Å². The molecule has 0 atom stereocenters. The van der Waals surface area contributed by atoms with Crippen molar-refractivity contribution in [3.63, 3.8) is 0 Å². The minimum Gasteiger partial charge on any atom is -0.0651 e. The number of rotatable bonds is 6. The van der Waals surface area contributed by atoms with Crippen LogP contribution in [0.5, 0.6) is 0 Å². The number of aryl methyl sites for hydroxylation is 4.